The third kappa shape index (κ3) is 12.4. The Bertz CT molecular complexity index is 2810. The minimum absolute atomic E-state index is 0.00726. The van der Waals surface area contributed by atoms with Crippen LogP contribution in [-0.4, -0.2) is 110 Å². The molecule has 5 N–H and O–H groups in total. The van der Waals surface area contributed by atoms with Gasteiger partial charge in [-0.2, -0.15) is 0 Å². The van der Waals surface area contributed by atoms with Gasteiger partial charge < -0.3 is 40.7 Å². The van der Waals surface area contributed by atoms with Gasteiger partial charge in [-0.15, -0.1) is 11.3 Å². The molecule has 1 saturated heterocycles. The lowest BCUT2D eigenvalue weighted by Crippen LogP contribution is -2.57. The van der Waals surface area contributed by atoms with Crippen molar-refractivity contribution in [1.29, 1.82) is 0 Å². The number of amides is 6. The van der Waals surface area contributed by atoms with Crippen molar-refractivity contribution in [1.82, 2.24) is 40.2 Å². The molecule has 3 aliphatic rings. The largest absolute Gasteiger partial charge is 0.391 e. The Hall–Kier alpha value is -6.69. The molecule has 2 aromatic heterocycles. The fourth-order valence-corrected chi connectivity index (χ4v) is 11.2. The molecule has 8 rings (SSSR count). The highest BCUT2D eigenvalue weighted by Crippen LogP contribution is 2.49. The minimum Gasteiger partial charge on any atom is -0.391 e. The summed E-state index contributed by atoms with van der Waals surface area (Å²) >= 11 is 1.57. The number of nitrogens with zero attached hydrogens (tertiary/aromatic N) is 5. The highest BCUT2D eigenvalue weighted by atomic mass is 32.1. The predicted octanol–water partition coefficient (Wildman–Crippen LogP) is 7.14. The second-order valence-electron chi connectivity index (χ2n) is 21.4. The van der Waals surface area contributed by atoms with Crippen LogP contribution in [0.15, 0.2) is 90.4 Å². The van der Waals surface area contributed by atoms with Crippen LogP contribution in [0.25, 0.3) is 10.4 Å². The lowest BCUT2D eigenvalue weighted by Gasteiger charge is -2.53. The molecule has 392 valence electrons. The van der Waals surface area contributed by atoms with Crippen LogP contribution in [0.4, 0.5) is 5.69 Å². The summed E-state index contributed by atoms with van der Waals surface area (Å²) in [5, 5.41) is 22.5. The molecule has 16 nitrogen and oxygen atoms in total. The normalized spacial score (nSPS) is 17.5. The van der Waals surface area contributed by atoms with Gasteiger partial charge >= 0.3 is 0 Å². The summed E-state index contributed by atoms with van der Waals surface area (Å²) in [6, 6.07) is 25.4. The number of unbranched alkanes of at least 4 members (excludes halogenated alkanes) is 2. The number of thiazole rings is 1. The van der Waals surface area contributed by atoms with Gasteiger partial charge in [-0.05, 0) is 103 Å². The summed E-state index contributed by atoms with van der Waals surface area (Å²) in [5.41, 5.74) is 9.14. The number of aryl methyl sites for hydroxylation is 1. The van der Waals surface area contributed by atoms with Crippen molar-refractivity contribution in [2.45, 2.75) is 135 Å². The summed E-state index contributed by atoms with van der Waals surface area (Å²) < 4.78 is 2.18. The molecule has 3 atom stereocenters. The lowest BCUT2D eigenvalue weighted by molar-refractivity contribution is -0.144. The average molecular weight is 1030 g/mol. The molecule has 1 aliphatic carbocycles. The summed E-state index contributed by atoms with van der Waals surface area (Å²) in [5.74, 6) is -1.36. The van der Waals surface area contributed by atoms with E-state index < -0.39 is 29.5 Å². The van der Waals surface area contributed by atoms with E-state index in [2.05, 4.69) is 41.8 Å². The highest BCUT2D eigenvalue weighted by molar-refractivity contribution is 7.13. The Morgan fingerprint density at radius 1 is 0.811 bits per heavy atom. The summed E-state index contributed by atoms with van der Waals surface area (Å²) in [6.45, 7) is 10.4. The van der Waals surface area contributed by atoms with Gasteiger partial charge in [0, 0.05) is 89.6 Å². The monoisotopic (exact) mass is 1030 g/mol. The Kier molecular flexibility index (Phi) is 16.8. The SMILES string of the molecule is Cc1ncsc1-c1ccc(CNC(=O)[C@@H]2C[C@@H](O)CN2C(=O)[C@@H](NC(=O)CCCCCC(=O)Nc2ccc(CNC(=O)c3ccc4n3CCN(Cc3ccc(C(=O)N(C)C)cc3)C43CCC3)cc2)C(C)(C)C)cc1. The van der Waals surface area contributed by atoms with E-state index in [1.807, 2.05) is 112 Å². The number of fused-ring (bicyclic) bond motifs is 2. The van der Waals surface area contributed by atoms with Crippen LogP contribution in [0.5, 0.6) is 0 Å². The molecule has 5 aromatic rings. The number of β-amino-alcohol motifs (C(OH)–C–C–N with tert-alkyl or cyclic N) is 1. The van der Waals surface area contributed by atoms with Crippen LogP contribution < -0.4 is 21.3 Å². The maximum atomic E-state index is 14.1. The third-order valence-corrected chi connectivity index (χ3v) is 15.7. The number of rotatable bonds is 19. The fraction of sp³-hybridized carbons (Fsp3) is 0.456. The quantitative estimate of drug-likeness (QED) is 0.0534. The maximum Gasteiger partial charge on any atom is 0.268 e. The zero-order valence-electron chi connectivity index (χ0n) is 43.5. The summed E-state index contributed by atoms with van der Waals surface area (Å²) in [4.78, 5) is 90.6. The number of hydrogen-bond acceptors (Lipinski definition) is 10. The number of anilines is 1. The number of likely N-dealkylation sites (tertiary alicyclic amines) is 1. The molecule has 1 saturated carbocycles. The number of carbonyl (C=O) groups is 6. The second-order valence-corrected chi connectivity index (χ2v) is 22.2. The summed E-state index contributed by atoms with van der Waals surface area (Å²) in [6.07, 6.45) is 4.59. The molecule has 0 unspecified atom stereocenters. The van der Waals surface area contributed by atoms with Crippen molar-refractivity contribution in [2.24, 2.45) is 5.41 Å². The summed E-state index contributed by atoms with van der Waals surface area (Å²) in [7, 11) is 3.51. The predicted molar refractivity (Wildman–Crippen MR) is 286 cm³/mol. The van der Waals surface area contributed by atoms with E-state index >= 15 is 0 Å². The molecular formula is C57H71N9O7S. The Labute approximate surface area is 438 Å². The molecule has 74 heavy (non-hydrogen) atoms. The number of hydrogen-bond donors (Lipinski definition) is 5. The van der Waals surface area contributed by atoms with Crippen molar-refractivity contribution >= 4 is 52.5 Å². The smallest absolute Gasteiger partial charge is 0.268 e. The zero-order valence-corrected chi connectivity index (χ0v) is 44.4. The fourth-order valence-electron chi connectivity index (χ4n) is 10.4. The van der Waals surface area contributed by atoms with Gasteiger partial charge in [-0.3, -0.25) is 33.7 Å². The van der Waals surface area contributed by atoms with Gasteiger partial charge in [0.1, 0.15) is 17.8 Å². The molecule has 6 amide bonds. The van der Waals surface area contributed by atoms with Crippen molar-refractivity contribution < 1.29 is 33.9 Å². The molecule has 0 bridgehead atoms. The Morgan fingerprint density at radius 2 is 1.46 bits per heavy atom. The van der Waals surface area contributed by atoms with Gasteiger partial charge in [-0.1, -0.05) is 75.7 Å². The van der Waals surface area contributed by atoms with E-state index in [0.717, 1.165) is 65.2 Å². The van der Waals surface area contributed by atoms with Gasteiger partial charge in [0.2, 0.25) is 23.6 Å². The van der Waals surface area contributed by atoms with E-state index in [1.54, 1.807) is 30.3 Å². The zero-order chi connectivity index (χ0) is 52.7. The standard InChI is InChI=1S/C57H71N9O7S/c1-37-50(74-36-60-37)41-19-13-38(14-20-41)32-59-53(71)46-31-44(67)35-66(46)55(73)51(56(2,3)4)62-49(69)12-9-7-8-11-48(68)61-43-23-17-39(18-24-43)33-58-52(70)45-25-26-47-57(27-10-28-57)64(29-30-65(45)47)34-40-15-21-42(22-16-40)54(72)63(5)6/h13-26,36,44,46,51,67H,7-12,27-35H2,1-6H3,(H,58,70)(H,59,71)(H,61,68)(H,62,69)/t44-,46+,51-/m1/s1. The van der Waals surface area contributed by atoms with Crippen LogP contribution in [-0.2, 0) is 50.9 Å². The van der Waals surface area contributed by atoms with Crippen molar-refractivity contribution in [3.8, 4) is 10.4 Å². The molecule has 1 spiro atoms. The number of aliphatic hydroxyl groups is 1. The van der Waals surface area contributed by atoms with E-state index in [-0.39, 0.29) is 67.4 Å². The average Bonchev–Trinajstić information content (AvgIpc) is 4.12. The third-order valence-electron chi connectivity index (χ3n) is 14.8. The number of carbonyl (C=O) groups excluding carboxylic acids is 6. The lowest BCUT2D eigenvalue weighted by atomic mass is 9.71. The molecule has 4 heterocycles. The van der Waals surface area contributed by atoms with Crippen LogP contribution >= 0.6 is 11.3 Å². The van der Waals surface area contributed by atoms with E-state index in [9.17, 15) is 33.9 Å². The van der Waals surface area contributed by atoms with E-state index in [4.69, 9.17) is 0 Å². The first-order chi connectivity index (χ1) is 35.4. The van der Waals surface area contributed by atoms with Crippen LogP contribution in [0.2, 0.25) is 0 Å². The number of aromatic nitrogens is 2. The van der Waals surface area contributed by atoms with Crippen molar-refractivity contribution in [3.63, 3.8) is 0 Å². The number of nitrogens with one attached hydrogen (secondary N) is 4. The Morgan fingerprint density at radius 3 is 2.08 bits per heavy atom. The second kappa shape index (κ2) is 23.2. The van der Waals surface area contributed by atoms with E-state index in [0.29, 0.717) is 49.3 Å². The van der Waals surface area contributed by atoms with Gasteiger partial charge in [0.15, 0.2) is 0 Å². The number of aliphatic hydroxyl groups excluding tert-OH is 1. The van der Waals surface area contributed by atoms with Gasteiger partial charge in [0.25, 0.3) is 11.8 Å². The first-order valence-corrected chi connectivity index (χ1v) is 26.8. The van der Waals surface area contributed by atoms with Crippen LogP contribution in [0.3, 0.4) is 0 Å². The maximum absolute atomic E-state index is 14.1. The first-order valence-electron chi connectivity index (χ1n) is 25.9. The van der Waals surface area contributed by atoms with E-state index in [1.165, 1.54) is 10.6 Å². The highest BCUT2D eigenvalue weighted by Gasteiger charge is 2.49. The molecule has 3 aromatic carbocycles. The van der Waals surface area contributed by atoms with Crippen molar-refractivity contribution in [2.75, 3.05) is 32.5 Å². The molecule has 2 aliphatic heterocycles. The topological polar surface area (TPSA) is 198 Å². The van der Waals surface area contributed by atoms with Gasteiger partial charge in [0.05, 0.1) is 27.7 Å². The Balaban J connectivity index is 0.741. The van der Waals surface area contributed by atoms with Gasteiger partial charge in [-0.25, -0.2) is 4.98 Å². The molecule has 17 heteroatoms. The first kappa shape index (κ1) is 53.6. The molecule has 2 fully saturated rings. The molecule has 0 radical (unpaired) electrons. The molecular weight excluding hydrogens is 955 g/mol. The van der Waals surface area contributed by atoms with Crippen molar-refractivity contribution in [3.05, 3.63) is 130 Å². The van der Waals surface area contributed by atoms with Crippen LogP contribution in [0, 0.1) is 12.3 Å². The number of benzene rings is 3. The van der Waals surface area contributed by atoms with Crippen LogP contribution in [0.1, 0.15) is 127 Å². The minimum atomic E-state index is -0.922.